The number of thiophene rings is 1. The van der Waals surface area contributed by atoms with Gasteiger partial charge in [-0.3, -0.25) is 14.4 Å². The fourth-order valence-electron chi connectivity index (χ4n) is 3.47. The number of hydrogen-bond acceptors (Lipinski definition) is 5. The predicted octanol–water partition coefficient (Wildman–Crippen LogP) is 2.23. The molecule has 0 bridgehead atoms. The van der Waals surface area contributed by atoms with Crippen molar-refractivity contribution in [3.63, 3.8) is 0 Å². The fourth-order valence-corrected chi connectivity index (χ4v) is 4.16. The number of amides is 3. The van der Waals surface area contributed by atoms with Gasteiger partial charge in [-0.05, 0) is 55.0 Å². The normalized spacial score (nSPS) is 15.6. The molecule has 1 saturated heterocycles. The zero-order chi connectivity index (χ0) is 21.3. The molecule has 1 aliphatic rings. The van der Waals surface area contributed by atoms with Crippen LogP contribution in [0.15, 0.2) is 41.8 Å². The first-order chi connectivity index (χ1) is 14.6. The summed E-state index contributed by atoms with van der Waals surface area (Å²) >= 11 is 1.55. The Hall–Kier alpha value is -2.87. The Kier molecular flexibility index (Phi) is 7.84. The molecule has 2 heterocycles. The third-order valence-electron chi connectivity index (χ3n) is 5.07. The van der Waals surface area contributed by atoms with Gasteiger partial charge in [0.2, 0.25) is 11.8 Å². The van der Waals surface area contributed by atoms with Crippen molar-refractivity contribution in [1.82, 2.24) is 15.5 Å². The number of rotatable bonds is 9. The summed E-state index contributed by atoms with van der Waals surface area (Å²) in [5.74, 6) is 0.421. The number of ether oxygens (including phenoxy) is 1. The first-order valence-corrected chi connectivity index (χ1v) is 11.0. The highest BCUT2D eigenvalue weighted by molar-refractivity contribution is 7.10. The summed E-state index contributed by atoms with van der Waals surface area (Å²) in [4.78, 5) is 39.9. The summed E-state index contributed by atoms with van der Waals surface area (Å²) in [6.07, 6.45) is 2.49. The zero-order valence-electron chi connectivity index (χ0n) is 17.1. The molecule has 3 amide bonds. The molecular weight excluding hydrogens is 402 g/mol. The maximum atomic E-state index is 12.6. The van der Waals surface area contributed by atoms with Gasteiger partial charge in [0.1, 0.15) is 11.8 Å². The molecule has 0 spiro atoms. The largest absolute Gasteiger partial charge is 0.497 e. The summed E-state index contributed by atoms with van der Waals surface area (Å²) in [7, 11) is 1.58. The van der Waals surface area contributed by atoms with Crippen LogP contribution in [0.25, 0.3) is 0 Å². The number of carbonyl (C=O) groups is 3. The number of hydrogen-bond donors (Lipinski definition) is 2. The summed E-state index contributed by atoms with van der Waals surface area (Å²) in [5.41, 5.74) is 0.561. The molecule has 1 fully saturated rings. The Balaban J connectivity index is 1.37. The third-order valence-corrected chi connectivity index (χ3v) is 5.95. The number of nitrogens with one attached hydrogen (secondary N) is 2. The quantitative estimate of drug-likeness (QED) is 0.599. The monoisotopic (exact) mass is 429 g/mol. The minimum absolute atomic E-state index is 0.00172. The van der Waals surface area contributed by atoms with Gasteiger partial charge >= 0.3 is 0 Å². The van der Waals surface area contributed by atoms with E-state index in [2.05, 4.69) is 10.6 Å². The van der Waals surface area contributed by atoms with Gasteiger partial charge in [0.25, 0.3) is 5.91 Å². The zero-order valence-corrected chi connectivity index (χ0v) is 17.9. The van der Waals surface area contributed by atoms with Crippen molar-refractivity contribution in [3.05, 3.63) is 52.2 Å². The van der Waals surface area contributed by atoms with Crippen LogP contribution in [0.1, 0.15) is 34.5 Å². The Bertz CT molecular complexity index is 852. The van der Waals surface area contributed by atoms with Crippen molar-refractivity contribution >= 4 is 29.1 Å². The van der Waals surface area contributed by atoms with Gasteiger partial charge in [-0.25, -0.2) is 0 Å². The molecule has 3 rings (SSSR count). The van der Waals surface area contributed by atoms with E-state index in [4.69, 9.17) is 4.74 Å². The van der Waals surface area contributed by atoms with Crippen molar-refractivity contribution < 1.29 is 19.1 Å². The van der Waals surface area contributed by atoms with Crippen LogP contribution in [0, 0.1) is 0 Å². The van der Waals surface area contributed by atoms with E-state index in [1.54, 1.807) is 47.6 Å². The maximum absolute atomic E-state index is 12.6. The van der Waals surface area contributed by atoms with Gasteiger partial charge in [0, 0.05) is 30.1 Å². The highest BCUT2D eigenvalue weighted by atomic mass is 32.1. The Morgan fingerprint density at radius 3 is 2.60 bits per heavy atom. The molecule has 0 unspecified atom stereocenters. The summed E-state index contributed by atoms with van der Waals surface area (Å²) in [6, 6.07) is 10.4. The van der Waals surface area contributed by atoms with Crippen LogP contribution in [0.3, 0.4) is 0 Å². The van der Waals surface area contributed by atoms with Crippen LogP contribution in [-0.4, -0.2) is 55.4 Å². The SMILES string of the molecule is COc1ccc(C(=O)NCCCNC(=O)[C@H]2CCCN2C(=O)Cc2cccs2)cc1. The number of methoxy groups -OCH3 is 1. The molecule has 2 aromatic rings. The number of benzene rings is 1. The molecule has 0 saturated carbocycles. The molecule has 8 heteroatoms. The number of nitrogens with zero attached hydrogens (tertiary/aromatic N) is 1. The van der Waals surface area contributed by atoms with Gasteiger partial charge in [0.05, 0.1) is 13.5 Å². The highest BCUT2D eigenvalue weighted by Gasteiger charge is 2.33. The van der Waals surface area contributed by atoms with Crippen molar-refractivity contribution in [3.8, 4) is 5.75 Å². The highest BCUT2D eigenvalue weighted by Crippen LogP contribution is 2.20. The first-order valence-electron chi connectivity index (χ1n) is 10.1. The Labute approximate surface area is 180 Å². The average molecular weight is 430 g/mol. The van der Waals surface area contributed by atoms with E-state index in [0.717, 1.165) is 11.3 Å². The van der Waals surface area contributed by atoms with Gasteiger partial charge < -0.3 is 20.3 Å². The first kappa shape index (κ1) is 21.8. The van der Waals surface area contributed by atoms with E-state index < -0.39 is 6.04 Å². The molecule has 0 radical (unpaired) electrons. The molecule has 1 aromatic heterocycles. The molecule has 160 valence electrons. The topological polar surface area (TPSA) is 87.7 Å². The lowest BCUT2D eigenvalue weighted by atomic mass is 10.2. The predicted molar refractivity (Wildman–Crippen MR) is 116 cm³/mol. The third kappa shape index (κ3) is 5.82. The minimum Gasteiger partial charge on any atom is -0.497 e. The van der Waals surface area contributed by atoms with E-state index in [1.807, 2.05) is 17.5 Å². The lowest BCUT2D eigenvalue weighted by Crippen LogP contribution is -2.46. The molecule has 1 atom stereocenters. The maximum Gasteiger partial charge on any atom is 0.251 e. The van der Waals surface area contributed by atoms with Crippen molar-refractivity contribution in [2.24, 2.45) is 0 Å². The second-order valence-corrected chi connectivity index (χ2v) is 8.16. The molecule has 1 aromatic carbocycles. The van der Waals surface area contributed by atoms with Gasteiger partial charge in [-0.15, -0.1) is 11.3 Å². The van der Waals surface area contributed by atoms with Crippen LogP contribution in [0.2, 0.25) is 0 Å². The lowest BCUT2D eigenvalue weighted by molar-refractivity contribution is -0.137. The molecular formula is C22H27N3O4S. The summed E-state index contributed by atoms with van der Waals surface area (Å²) in [6.45, 7) is 1.53. The summed E-state index contributed by atoms with van der Waals surface area (Å²) in [5, 5.41) is 7.68. The van der Waals surface area contributed by atoms with Gasteiger partial charge in [-0.2, -0.15) is 0 Å². The van der Waals surface area contributed by atoms with Crippen LogP contribution < -0.4 is 15.4 Å². The van der Waals surface area contributed by atoms with Crippen LogP contribution in [0.4, 0.5) is 0 Å². The minimum atomic E-state index is -0.397. The Morgan fingerprint density at radius 1 is 1.13 bits per heavy atom. The van der Waals surface area contributed by atoms with Gasteiger partial charge in [-0.1, -0.05) is 6.07 Å². The van der Waals surface area contributed by atoms with Crippen molar-refractivity contribution in [2.45, 2.75) is 31.7 Å². The molecule has 7 nitrogen and oxygen atoms in total. The molecule has 1 aliphatic heterocycles. The Morgan fingerprint density at radius 2 is 1.90 bits per heavy atom. The molecule has 2 N–H and O–H groups in total. The van der Waals surface area contributed by atoms with Crippen LogP contribution in [-0.2, 0) is 16.0 Å². The number of likely N-dealkylation sites (tertiary alicyclic amines) is 1. The van der Waals surface area contributed by atoms with E-state index >= 15 is 0 Å². The van der Waals surface area contributed by atoms with Crippen LogP contribution in [0.5, 0.6) is 5.75 Å². The standard InChI is InChI=1S/C22H27N3O4S/c1-29-17-9-7-16(8-10-17)21(27)23-11-4-12-24-22(28)19-6-2-13-25(19)20(26)15-18-5-3-14-30-18/h3,5,7-10,14,19H,2,4,6,11-13,15H2,1H3,(H,23,27)(H,24,28)/t19-/m1/s1. The van der Waals surface area contributed by atoms with Crippen LogP contribution >= 0.6 is 11.3 Å². The second kappa shape index (κ2) is 10.8. The van der Waals surface area contributed by atoms with Crippen molar-refractivity contribution in [2.75, 3.05) is 26.7 Å². The lowest BCUT2D eigenvalue weighted by Gasteiger charge is -2.24. The molecule has 30 heavy (non-hydrogen) atoms. The molecule has 0 aliphatic carbocycles. The van der Waals surface area contributed by atoms with E-state index in [9.17, 15) is 14.4 Å². The van der Waals surface area contributed by atoms with E-state index in [0.29, 0.717) is 50.2 Å². The van der Waals surface area contributed by atoms with E-state index in [-0.39, 0.29) is 17.7 Å². The fraction of sp³-hybridized carbons (Fsp3) is 0.409. The van der Waals surface area contributed by atoms with E-state index in [1.165, 1.54) is 0 Å². The van der Waals surface area contributed by atoms with Gasteiger partial charge in [0.15, 0.2) is 0 Å². The summed E-state index contributed by atoms with van der Waals surface area (Å²) < 4.78 is 5.08. The second-order valence-electron chi connectivity index (χ2n) is 7.13. The smallest absolute Gasteiger partial charge is 0.251 e. The number of carbonyl (C=O) groups excluding carboxylic acids is 3. The average Bonchev–Trinajstić information content (AvgIpc) is 3.45. The van der Waals surface area contributed by atoms with Crippen molar-refractivity contribution in [1.29, 1.82) is 0 Å².